The van der Waals surface area contributed by atoms with Crippen molar-refractivity contribution in [2.75, 3.05) is 19.5 Å². The van der Waals surface area contributed by atoms with Crippen LogP contribution in [0.3, 0.4) is 0 Å². The van der Waals surface area contributed by atoms with Crippen LogP contribution in [0.4, 0.5) is 5.69 Å². The number of hydrogen-bond donors (Lipinski definition) is 2. The van der Waals surface area contributed by atoms with Crippen LogP contribution in [0, 0.1) is 0 Å². The van der Waals surface area contributed by atoms with Gasteiger partial charge in [-0.2, -0.15) is 0 Å². The number of methoxy groups -OCH3 is 1. The number of benzene rings is 2. The molecule has 0 radical (unpaired) electrons. The maximum atomic E-state index is 12.4. The Balaban J connectivity index is 2.18. The standard InChI is InChI=1S/C17H17ClN2O3/c1-19-16(21)12-8-9-14(13(18)10-12)20-17(22)15(23-2)11-6-4-3-5-7-11/h3-10,15H,1-2H3,(H,19,21)(H,20,22)/t15-/m1/s1. The zero-order valence-electron chi connectivity index (χ0n) is 12.8. The molecule has 0 fully saturated rings. The Morgan fingerprint density at radius 2 is 1.83 bits per heavy atom. The van der Waals surface area contributed by atoms with E-state index < -0.39 is 6.10 Å². The molecule has 2 amide bonds. The van der Waals surface area contributed by atoms with E-state index in [-0.39, 0.29) is 16.8 Å². The number of anilines is 1. The molecule has 0 aliphatic heterocycles. The average Bonchev–Trinajstić information content (AvgIpc) is 2.57. The number of halogens is 1. The first-order chi connectivity index (χ1) is 11.1. The molecule has 0 aliphatic rings. The lowest BCUT2D eigenvalue weighted by Crippen LogP contribution is -2.23. The van der Waals surface area contributed by atoms with Gasteiger partial charge in [-0.1, -0.05) is 41.9 Å². The maximum Gasteiger partial charge on any atom is 0.258 e. The normalized spacial score (nSPS) is 11.6. The monoisotopic (exact) mass is 332 g/mol. The van der Waals surface area contributed by atoms with Crippen molar-refractivity contribution in [2.45, 2.75) is 6.10 Å². The van der Waals surface area contributed by atoms with Crippen molar-refractivity contribution in [3.8, 4) is 0 Å². The number of nitrogens with one attached hydrogen (secondary N) is 2. The van der Waals surface area contributed by atoms with Gasteiger partial charge in [-0.15, -0.1) is 0 Å². The van der Waals surface area contributed by atoms with Gasteiger partial charge in [0.05, 0.1) is 10.7 Å². The van der Waals surface area contributed by atoms with Gasteiger partial charge in [0.1, 0.15) is 0 Å². The molecule has 0 unspecified atom stereocenters. The molecule has 6 heteroatoms. The van der Waals surface area contributed by atoms with Crippen LogP contribution < -0.4 is 10.6 Å². The second kappa shape index (κ2) is 7.76. The largest absolute Gasteiger partial charge is 0.367 e. The van der Waals surface area contributed by atoms with Crippen LogP contribution in [-0.2, 0) is 9.53 Å². The van der Waals surface area contributed by atoms with Gasteiger partial charge < -0.3 is 15.4 Å². The third-order valence-corrected chi connectivity index (χ3v) is 3.61. The Morgan fingerprint density at radius 1 is 1.13 bits per heavy atom. The number of ether oxygens (including phenoxy) is 1. The predicted octanol–water partition coefficient (Wildman–Crippen LogP) is 3.03. The van der Waals surface area contributed by atoms with Gasteiger partial charge >= 0.3 is 0 Å². The van der Waals surface area contributed by atoms with Gasteiger partial charge in [-0.05, 0) is 23.8 Å². The first-order valence-electron chi connectivity index (χ1n) is 6.97. The van der Waals surface area contributed by atoms with Crippen molar-refractivity contribution in [1.82, 2.24) is 5.32 Å². The highest BCUT2D eigenvalue weighted by molar-refractivity contribution is 6.34. The van der Waals surface area contributed by atoms with E-state index in [0.717, 1.165) is 5.56 Å². The summed E-state index contributed by atoms with van der Waals surface area (Å²) in [5.41, 5.74) is 1.58. The number of hydrogen-bond acceptors (Lipinski definition) is 3. The molecule has 0 saturated heterocycles. The SMILES string of the molecule is CNC(=O)c1ccc(NC(=O)[C@H](OC)c2ccccc2)c(Cl)c1. The number of carbonyl (C=O) groups excluding carboxylic acids is 2. The topological polar surface area (TPSA) is 67.4 Å². The molecule has 23 heavy (non-hydrogen) atoms. The van der Waals surface area contributed by atoms with E-state index in [4.69, 9.17) is 16.3 Å². The van der Waals surface area contributed by atoms with Crippen LogP contribution in [-0.4, -0.2) is 26.0 Å². The molecule has 0 saturated carbocycles. The first kappa shape index (κ1) is 17.0. The third-order valence-electron chi connectivity index (χ3n) is 3.29. The van der Waals surface area contributed by atoms with E-state index in [9.17, 15) is 9.59 Å². The molecule has 0 spiro atoms. The predicted molar refractivity (Wildman–Crippen MR) is 89.7 cm³/mol. The smallest absolute Gasteiger partial charge is 0.258 e. The Hall–Kier alpha value is -2.37. The van der Waals surface area contributed by atoms with Crippen molar-refractivity contribution in [3.05, 3.63) is 64.7 Å². The quantitative estimate of drug-likeness (QED) is 0.884. The molecule has 0 aliphatic carbocycles. The Morgan fingerprint density at radius 3 is 2.39 bits per heavy atom. The minimum atomic E-state index is -0.745. The first-order valence-corrected chi connectivity index (χ1v) is 7.35. The van der Waals surface area contributed by atoms with Crippen molar-refractivity contribution < 1.29 is 14.3 Å². The number of amides is 2. The highest BCUT2D eigenvalue weighted by Gasteiger charge is 2.21. The summed E-state index contributed by atoms with van der Waals surface area (Å²) in [5, 5.41) is 5.51. The van der Waals surface area contributed by atoms with Crippen LogP contribution >= 0.6 is 11.6 Å². The van der Waals surface area contributed by atoms with Crippen LogP contribution in [0.1, 0.15) is 22.0 Å². The summed E-state index contributed by atoms with van der Waals surface area (Å²) in [5.74, 6) is -0.586. The number of rotatable bonds is 5. The fourth-order valence-electron chi connectivity index (χ4n) is 2.12. The molecule has 2 aromatic rings. The van der Waals surface area contributed by atoms with E-state index in [2.05, 4.69) is 10.6 Å². The lowest BCUT2D eigenvalue weighted by Gasteiger charge is -2.16. The Kier molecular flexibility index (Phi) is 5.73. The van der Waals surface area contributed by atoms with E-state index >= 15 is 0 Å². The Labute approximate surface area is 139 Å². The van der Waals surface area contributed by atoms with E-state index in [1.54, 1.807) is 12.1 Å². The molecule has 2 rings (SSSR count). The summed E-state index contributed by atoms with van der Waals surface area (Å²) in [6.45, 7) is 0. The molecule has 2 N–H and O–H groups in total. The van der Waals surface area contributed by atoms with E-state index in [1.807, 2.05) is 30.3 Å². The zero-order valence-corrected chi connectivity index (χ0v) is 13.6. The zero-order chi connectivity index (χ0) is 16.8. The highest BCUT2D eigenvalue weighted by atomic mass is 35.5. The van der Waals surface area contributed by atoms with Gasteiger partial charge in [0.2, 0.25) is 0 Å². The summed E-state index contributed by atoms with van der Waals surface area (Å²) in [6, 6.07) is 13.8. The highest BCUT2D eigenvalue weighted by Crippen LogP contribution is 2.25. The fourth-order valence-corrected chi connectivity index (χ4v) is 2.35. The molecular formula is C17H17ClN2O3. The van der Waals surface area contributed by atoms with Gasteiger partial charge in [-0.25, -0.2) is 0 Å². The van der Waals surface area contributed by atoms with Gasteiger partial charge in [0, 0.05) is 19.7 Å². The lowest BCUT2D eigenvalue weighted by atomic mass is 10.1. The summed E-state index contributed by atoms with van der Waals surface area (Å²) in [4.78, 5) is 24.0. The summed E-state index contributed by atoms with van der Waals surface area (Å²) < 4.78 is 5.27. The van der Waals surface area contributed by atoms with Gasteiger partial charge in [0.15, 0.2) is 6.10 Å². The van der Waals surface area contributed by atoms with E-state index in [0.29, 0.717) is 11.3 Å². The molecule has 0 heterocycles. The molecule has 0 aromatic heterocycles. The number of carbonyl (C=O) groups is 2. The second-order valence-corrected chi connectivity index (χ2v) is 5.20. The molecule has 1 atom stereocenters. The summed E-state index contributed by atoms with van der Waals surface area (Å²) in [6.07, 6.45) is -0.745. The average molecular weight is 333 g/mol. The minimum absolute atomic E-state index is 0.246. The van der Waals surface area contributed by atoms with Crippen LogP contribution in [0.15, 0.2) is 48.5 Å². The van der Waals surface area contributed by atoms with Crippen molar-refractivity contribution in [3.63, 3.8) is 0 Å². The summed E-state index contributed by atoms with van der Waals surface area (Å²) >= 11 is 6.13. The second-order valence-electron chi connectivity index (χ2n) is 4.79. The van der Waals surface area contributed by atoms with Crippen molar-refractivity contribution in [1.29, 1.82) is 0 Å². The Bertz CT molecular complexity index is 704. The van der Waals surface area contributed by atoms with Crippen LogP contribution in [0.25, 0.3) is 0 Å². The fraction of sp³-hybridized carbons (Fsp3) is 0.176. The third kappa shape index (κ3) is 4.09. The molecule has 5 nitrogen and oxygen atoms in total. The summed E-state index contributed by atoms with van der Waals surface area (Å²) in [7, 11) is 3.00. The van der Waals surface area contributed by atoms with Crippen molar-refractivity contribution >= 4 is 29.1 Å². The van der Waals surface area contributed by atoms with Gasteiger partial charge in [-0.3, -0.25) is 9.59 Å². The molecule has 120 valence electrons. The molecule has 2 aromatic carbocycles. The molecule has 0 bridgehead atoms. The van der Waals surface area contributed by atoms with Crippen LogP contribution in [0.2, 0.25) is 5.02 Å². The van der Waals surface area contributed by atoms with Gasteiger partial charge in [0.25, 0.3) is 11.8 Å². The maximum absolute atomic E-state index is 12.4. The van der Waals surface area contributed by atoms with E-state index in [1.165, 1.54) is 20.2 Å². The lowest BCUT2D eigenvalue weighted by molar-refractivity contribution is -0.126. The molecular weight excluding hydrogens is 316 g/mol. The van der Waals surface area contributed by atoms with Crippen molar-refractivity contribution in [2.24, 2.45) is 0 Å². The van der Waals surface area contributed by atoms with Crippen LogP contribution in [0.5, 0.6) is 0 Å². The minimum Gasteiger partial charge on any atom is -0.367 e.